The summed E-state index contributed by atoms with van der Waals surface area (Å²) in [5, 5.41) is 3.63. The van der Waals surface area contributed by atoms with Gasteiger partial charge in [-0.1, -0.05) is 102 Å². The minimum absolute atomic E-state index is 0.202. The van der Waals surface area contributed by atoms with Crippen molar-refractivity contribution in [3.8, 4) is 5.75 Å². The number of para-hydroxylation sites is 1. The molecule has 0 radical (unpaired) electrons. The number of halogens is 1. The Morgan fingerprint density at radius 1 is 0.811 bits per heavy atom. The summed E-state index contributed by atoms with van der Waals surface area (Å²) in [7, 11) is 0. The molecule has 37 heavy (non-hydrogen) atoms. The number of ether oxygens (including phenoxy) is 1. The highest BCUT2D eigenvalue weighted by Gasteiger charge is 2.31. The fourth-order valence-corrected chi connectivity index (χ4v) is 4.08. The Morgan fingerprint density at radius 2 is 1.41 bits per heavy atom. The molecule has 0 saturated carbocycles. The van der Waals surface area contributed by atoms with E-state index in [1.54, 1.807) is 29.2 Å². The number of aryl methyl sites for hydroxylation is 1. The fraction of sp³-hybridized carbons (Fsp3) is 0.161. The van der Waals surface area contributed by atoms with E-state index >= 15 is 0 Å². The highest BCUT2D eigenvalue weighted by atomic mass is 35.5. The standard InChI is InChI=1S/C31H29ClN2O3/c1-23-12-14-24(15-13-23)20-33-31(36)30(26-8-4-2-5-9-26)34(21-25-16-18-27(32)19-17-25)29(35)22-37-28-10-6-3-7-11-28/h2-19,30H,20-22H2,1H3,(H,33,36)/t30-/m1/s1. The molecule has 4 rings (SSSR count). The zero-order valence-electron chi connectivity index (χ0n) is 20.6. The average Bonchev–Trinajstić information content (AvgIpc) is 2.93. The van der Waals surface area contributed by atoms with Gasteiger partial charge in [0.25, 0.3) is 5.91 Å². The number of nitrogens with one attached hydrogen (secondary N) is 1. The first-order valence-corrected chi connectivity index (χ1v) is 12.5. The molecule has 1 atom stereocenters. The molecule has 0 bridgehead atoms. The molecule has 4 aromatic carbocycles. The van der Waals surface area contributed by atoms with Crippen molar-refractivity contribution in [2.24, 2.45) is 0 Å². The van der Waals surface area contributed by atoms with Crippen LogP contribution in [-0.2, 0) is 22.7 Å². The average molecular weight is 513 g/mol. The third kappa shape index (κ3) is 7.45. The van der Waals surface area contributed by atoms with Crippen LogP contribution in [0.5, 0.6) is 5.75 Å². The molecule has 0 aliphatic rings. The summed E-state index contributed by atoms with van der Waals surface area (Å²) in [6.45, 7) is 2.38. The van der Waals surface area contributed by atoms with Crippen LogP contribution in [0, 0.1) is 6.92 Å². The lowest BCUT2D eigenvalue weighted by Crippen LogP contribution is -2.45. The van der Waals surface area contributed by atoms with Gasteiger partial charge in [-0.15, -0.1) is 0 Å². The number of hydrogen-bond donors (Lipinski definition) is 1. The van der Waals surface area contributed by atoms with E-state index in [9.17, 15) is 9.59 Å². The van der Waals surface area contributed by atoms with Crippen molar-refractivity contribution < 1.29 is 14.3 Å². The molecule has 1 N–H and O–H groups in total. The second kappa shape index (κ2) is 12.7. The second-order valence-electron chi connectivity index (χ2n) is 8.77. The van der Waals surface area contributed by atoms with Gasteiger partial charge in [0.1, 0.15) is 11.8 Å². The summed E-state index contributed by atoms with van der Waals surface area (Å²) in [5.41, 5.74) is 3.69. The van der Waals surface area contributed by atoms with E-state index in [0.717, 1.165) is 16.7 Å². The maximum atomic E-state index is 13.7. The zero-order chi connectivity index (χ0) is 26.0. The van der Waals surface area contributed by atoms with E-state index in [0.29, 0.717) is 22.9 Å². The largest absolute Gasteiger partial charge is 0.484 e. The van der Waals surface area contributed by atoms with Gasteiger partial charge in [-0.3, -0.25) is 9.59 Å². The molecule has 0 aliphatic carbocycles. The lowest BCUT2D eigenvalue weighted by molar-refractivity contribution is -0.143. The van der Waals surface area contributed by atoms with Crippen LogP contribution in [0.25, 0.3) is 0 Å². The van der Waals surface area contributed by atoms with Crippen molar-refractivity contribution in [3.63, 3.8) is 0 Å². The SMILES string of the molecule is Cc1ccc(CNC(=O)[C@@H](c2ccccc2)N(Cc2ccc(Cl)cc2)C(=O)COc2ccccc2)cc1. The molecule has 0 unspecified atom stereocenters. The van der Waals surface area contributed by atoms with Crippen LogP contribution < -0.4 is 10.1 Å². The minimum Gasteiger partial charge on any atom is -0.484 e. The molecule has 188 valence electrons. The van der Waals surface area contributed by atoms with Crippen LogP contribution in [0.2, 0.25) is 5.02 Å². The Morgan fingerprint density at radius 3 is 2.05 bits per heavy atom. The predicted octanol–water partition coefficient (Wildman–Crippen LogP) is 6.11. The number of amides is 2. The molecule has 0 heterocycles. The normalized spacial score (nSPS) is 11.4. The van der Waals surface area contributed by atoms with Crippen molar-refractivity contribution >= 4 is 23.4 Å². The van der Waals surface area contributed by atoms with Crippen LogP contribution in [0.4, 0.5) is 0 Å². The highest BCUT2D eigenvalue weighted by molar-refractivity contribution is 6.30. The van der Waals surface area contributed by atoms with Gasteiger partial charge < -0.3 is 15.0 Å². The maximum absolute atomic E-state index is 13.7. The Hall–Kier alpha value is -4.09. The summed E-state index contributed by atoms with van der Waals surface area (Å²) < 4.78 is 5.77. The Labute approximate surface area is 222 Å². The van der Waals surface area contributed by atoms with Gasteiger partial charge in [0.2, 0.25) is 5.91 Å². The van der Waals surface area contributed by atoms with E-state index < -0.39 is 6.04 Å². The first-order chi connectivity index (χ1) is 18.0. The third-order valence-electron chi connectivity index (χ3n) is 5.95. The number of rotatable bonds is 10. The van der Waals surface area contributed by atoms with Gasteiger partial charge in [0.05, 0.1) is 0 Å². The number of carbonyl (C=O) groups is 2. The molecule has 0 spiro atoms. The van der Waals surface area contributed by atoms with Crippen molar-refractivity contribution in [1.29, 1.82) is 0 Å². The van der Waals surface area contributed by atoms with Crippen LogP contribution in [0.15, 0.2) is 109 Å². The van der Waals surface area contributed by atoms with E-state index in [-0.39, 0.29) is 25.0 Å². The van der Waals surface area contributed by atoms with E-state index in [2.05, 4.69) is 5.32 Å². The summed E-state index contributed by atoms with van der Waals surface area (Å²) in [5.74, 6) is 0.00863. The lowest BCUT2D eigenvalue weighted by Gasteiger charge is -2.31. The van der Waals surface area contributed by atoms with E-state index in [1.807, 2.05) is 91.9 Å². The Bertz CT molecular complexity index is 1290. The van der Waals surface area contributed by atoms with Gasteiger partial charge in [-0.2, -0.15) is 0 Å². The van der Waals surface area contributed by atoms with Crippen LogP contribution >= 0.6 is 11.6 Å². The first-order valence-electron chi connectivity index (χ1n) is 12.1. The fourth-order valence-electron chi connectivity index (χ4n) is 3.95. The van der Waals surface area contributed by atoms with Crippen molar-refractivity contribution in [3.05, 3.63) is 136 Å². The monoisotopic (exact) mass is 512 g/mol. The topological polar surface area (TPSA) is 58.6 Å². The van der Waals surface area contributed by atoms with Gasteiger partial charge in [0.15, 0.2) is 6.61 Å². The highest BCUT2D eigenvalue weighted by Crippen LogP contribution is 2.25. The lowest BCUT2D eigenvalue weighted by atomic mass is 10.0. The van der Waals surface area contributed by atoms with Gasteiger partial charge >= 0.3 is 0 Å². The van der Waals surface area contributed by atoms with Crippen LogP contribution in [0.1, 0.15) is 28.3 Å². The van der Waals surface area contributed by atoms with Crippen LogP contribution in [0.3, 0.4) is 0 Å². The molecule has 5 nitrogen and oxygen atoms in total. The number of benzene rings is 4. The van der Waals surface area contributed by atoms with Crippen molar-refractivity contribution in [2.45, 2.75) is 26.1 Å². The quantitative estimate of drug-likeness (QED) is 0.279. The summed E-state index contributed by atoms with van der Waals surface area (Å²) in [6, 6.07) is 32.9. The summed E-state index contributed by atoms with van der Waals surface area (Å²) in [6.07, 6.45) is 0. The van der Waals surface area contributed by atoms with E-state index in [1.165, 1.54) is 0 Å². The maximum Gasteiger partial charge on any atom is 0.261 e. The molecule has 0 aromatic heterocycles. The molecule has 4 aromatic rings. The van der Waals surface area contributed by atoms with Crippen molar-refractivity contribution in [2.75, 3.05) is 6.61 Å². The summed E-state index contributed by atoms with van der Waals surface area (Å²) >= 11 is 6.08. The number of hydrogen-bond acceptors (Lipinski definition) is 3. The molecule has 6 heteroatoms. The molecule has 2 amide bonds. The third-order valence-corrected chi connectivity index (χ3v) is 6.21. The molecule has 0 saturated heterocycles. The number of nitrogens with zero attached hydrogens (tertiary/aromatic N) is 1. The zero-order valence-corrected chi connectivity index (χ0v) is 21.4. The minimum atomic E-state index is -0.853. The first kappa shape index (κ1) is 26.0. The smallest absolute Gasteiger partial charge is 0.261 e. The van der Waals surface area contributed by atoms with Gasteiger partial charge in [-0.05, 0) is 47.9 Å². The van der Waals surface area contributed by atoms with Gasteiger partial charge in [0, 0.05) is 18.1 Å². The van der Waals surface area contributed by atoms with E-state index in [4.69, 9.17) is 16.3 Å². The second-order valence-corrected chi connectivity index (χ2v) is 9.20. The molecule has 0 fully saturated rings. The predicted molar refractivity (Wildman–Crippen MR) is 146 cm³/mol. The number of carbonyl (C=O) groups excluding carboxylic acids is 2. The molecular weight excluding hydrogens is 484 g/mol. The Balaban J connectivity index is 1.62. The van der Waals surface area contributed by atoms with Gasteiger partial charge in [-0.25, -0.2) is 0 Å². The Kier molecular flexibility index (Phi) is 8.95. The molecular formula is C31H29ClN2O3. The van der Waals surface area contributed by atoms with Crippen molar-refractivity contribution in [1.82, 2.24) is 10.2 Å². The molecule has 0 aliphatic heterocycles. The summed E-state index contributed by atoms with van der Waals surface area (Å²) in [4.78, 5) is 28.9. The van der Waals surface area contributed by atoms with Crippen LogP contribution in [-0.4, -0.2) is 23.3 Å².